The first-order valence-corrected chi connectivity index (χ1v) is 6.96. The lowest BCUT2D eigenvalue weighted by molar-refractivity contribution is -0.0225. The van der Waals surface area contributed by atoms with Crippen LogP contribution in [0.4, 0.5) is 5.69 Å². The van der Waals surface area contributed by atoms with E-state index >= 15 is 0 Å². The molecule has 5 heteroatoms. The molecule has 0 spiro atoms. The van der Waals surface area contributed by atoms with E-state index in [1.54, 1.807) is 6.20 Å². The zero-order chi connectivity index (χ0) is 14.1. The second-order valence-corrected chi connectivity index (χ2v) is 5.16. The Labute approximate surface area is 117 Å². The molecule has 0 bridgehead atoms. The number of H-pyrrole nitrogens is 1. The molecule has 2 heterocycles. The number of aromatic amines is 1. The number of nitrogens with two attached hydrogens (primary N) is 1. The molecule has 1 atom stereocenters. The zero-order valence-corrected chi connectivity index (χ0v) is 11.6. The number of nitrogens with zero attached hydrogens (tertiary/aromatic N) is 1. The number of fused-ring (bicyclic) bond motifs is 1. The molecule has 0 radical (unpaired) electrons. The number of carbonyl (C=O) groups excluding carboxylic acids is 1. The minimum Gasteiger partial charge on any atom is -0.399 e. The van der Waals surface area contributed by atoms with Crippen molar-refractivity contribution in [1.29, 1.82) is 0 Å². The Bertz CT molecular complexity index is 635. The van der Waals surface area contributed by atoms with E-state index in [9.17, 15) is 4.79 Å². The van der Waals surface area contributed by atoms with Crippen molar-refractivity contribution in [3.63, 3.8) is 0 Å². The molecule has 5 nitrogen and oxygen atoms in total. The summed E-state index contributed by atoms with van der Waals surface area (Å²) in [5.74, 6) is 0.0581. The van der Waals surface area contributed by atoms with Gasteiger partial charge in [0, 0.05) is 35.9 Å². The molecule has 20 heavy (non-hydrogen) atoms. The van der Waals surface area contributed by atoms with Crippen molar-refractivity contribution in [3.8, 4) is 0 Å². The van der Waals surface area contributed by atoms with Gasteiger partial charge in [-0.25, -0.2) is 0 Å². The summed E-state index contributed by atoms with van der Waals surface area (Å²) in [5.41, 5.74) is 8.05. The standard InChI is InChI=1S/C15H19N3O2/c1-2-11-9-18(5-6-20-11)15(19)13-8-17-14-7-10(16)3-4-12(13)14/h3-4,7-8,11,17H,2,5-6,9,16H2,1H3. The van der Waals surface area contributed by atoms with Crippen molar-refractivity contribution in [3.05, 3.63) is 30.0 Å². The summed E-state index contributed by atoms with van der Waals surface area (Å²) < 4.78 is 5.61. The van der Waals surface area contributed by atoms with Crippen LogP contribution in [0.15, 0.2) is 24.4 Å². The second kappa shape index (κ2) is 5.17. The highest BCUT2D eigenvalue weighted by molar-refractivity contribution is 6.07. The van der Waals surface area contributed by atoms with Crippen molar-refractivity contribution in [1.82, 2.24) is 9.88 Å². The molecule has 1 amide bonds. The van der Waals surface area contributed by atoms with Crippen LogP contribution >= 0.6 is 0 Å². The fourth-order valence-electron chi connectivity index (χ4n) is 2.64. The Hall–Kier alpha value is -2.01. The maximum absolute atomic E-state index is 12.6. The van der Waals surface area contributed by atoms with Gasteiger partial charge in [0.25, 0.3) is 5.91 Å². The Morgan fingerprint density at radius 2 is 2.40 bits per heavy atom. The van der Waals surface area contributed by atoms with Gasteiger partial charge in [0.1, 0.15) is 0 Å². The van der Waals surface area contributed by atoms with E-state index in [-0.39, 0.29) is 12.0 Å². The van der Waals surface area contributed by atoms with Gasteiger partial charge in [-0.2, -0.15) is 0 Å². The lowest BCUT2D eigenvalue weighted by Crippen LogP contribution is -2.45. The molecule has 1 aromatic heterocycles. The van der Waals surface area contributed by atoms with E-state index in [4.69, 9.17) is 10.5 Å². The van der Waals surface area contributed by atoms with E-state index in [1.165, 1.54) is 0 Å². The Morgan fingerprint density at radius 1 is 1.55 bits per heavy atom. The van der Waals surface area contributed by atoms with Crippen molar-refractivity contribution in [2.45, 2.75) is 19.4 Å². The Balaban J connectivity index is 1.88. The van der Waals surface area contributed by atoms with Crippen molar-refractivity contribution < 1.29 is 9.53 Å². The van der Waals surface area contributed by atoms with Crippen LogP contribution < -0.4 is 5.73 Å². The number of benzene rings is 1. The van der Waals surface area contributed by atoms with E-state index < -0.39 is 0 Å². The number of carbonyl (C=O) groups is 1. The lowest BCUT2D eigenvalue weighted by Gasteiger charge is -2.32. The van der Waals surface area contributed by atoms with Gasteiger partial charge in [0.15, 0.2) is 0 Å². The molecule has 1 aliphatic heterocycles. The molecule has 1 fully saturated rings. The first kappa shape index (κ1) is 13.0. The molecule has 3 rings (SSSR count). The quantitative estimate of drug-likeness (QED) is 0.822. The van der Waals surface area contributed by atoms with Crippen LogP contribution in [0.25, 0.3) is 10.9 Å². The monoisotopic (exact) mass is 273 g/mol. The topological polar surface area (TPSA) is 71.4 Å². The first-order valence-electron chi connectivity index (χ1n) is 6.96. The molecule has 0 saturated carbocycles. The first-order chi connectivity index (χ1) is 9.69. The molecule has 1 unspecified atom stereocenters. The van der Waals surface area contributed by atoms with Gasteiger partial charge in [0.2, 0.25) is 0 Å². The van der Waals surface area contributed by atoms with Gasteiger partial charge >= 0.3 is 0 Å². The highest BCUT2D eigenvalue weighted by atomic mass is 16.5. The Kier molecular flexibility index (Phi) is 3.36. The number of ether oxygens (including phenoxy) is 1. The normalized spacial score (nSPS) is 19.4. The third-order valence-electron chi connectivity index (χ3n) is 3.82. The third kappa shape index (κ3) is 2.25. The van der Waals surface area contributed by atoms with Crippen molar-refractivity contribution in [2.75, 3.05) is 25.4 Å². The highest BCUT2D eigenvalue weighted by Crippen LogP contribution is 2.23. The number of amides is 1. The molecular weight excluding hydrogens is 254 g/mol. The average Bonchev–Trinajstić information content (AvgIpc) is 2.89. The summed E-state index contributed by atoms with van der Waals surface area (Å²) in [4.78, 5) is 17.6. The zero-order valence-electron chi connectivity index (χ0n) is 11.6. The number of nitrogens with one attached hydrogen (secondary N) is 1. The van der Waals surface area contributed by atoms with Gasteiger partial charge in [-0.1, -0.05) is 6.92 Å². The number of hydrogen-bond donors (Lipinski definition) is 2. The van der Waals surface area contributed by atoms with Gasteiger partial charge in [0.05, 0.1) is 18.3 Å². The van der Waals surface area contributed by atoms with Crippen LogP contribution in [0.2, 0.25) is 0 Å². The van der Waals surface area contributed by atoms with Crippen molar-refractivity contribution in [2.24, 2.45) is 0 Å². The molecule has 1 saturated heterocycles. The summed E-state index contributed by atoms with van der Waals surface area (Å²) in [7, 11) is 0. The Morgan fingerprint density at radius 3 is 3.20 bits per heavy atom. The van der Waals surface area contributed by atoms with Crippen LogP contribution in [0, 0.1) is 0 Å². The van der Waals surface area contributed by atoms with E-state index in [1.807, 2.05) is 23.1 Å². The fourth-order valence-corrected chi connectivity index (χ4v) is 2.64. The summed E-state index contributed by atoms with van der Waals surface area (Å²) in [6, 6.07) is 5.56. The number of morpholine rings is 1. The van der Waals surface area contributed by atoms with Gasteiger partial charge < -0.3 is 20.4 Å². The smallest absolute Gasteiger partial charge is 0.256 e. The van der Waals surface area contributed by atoms with E-state index in [0.29, 0.717) is 30.9 Å². The number of anilines is 1. The highest BCUT2D eigenvalue weighted by Gasteiger charge is 2.25. The molecule has 3 N–H and O–H groups in total. The maximum atomic E-state index is 12.6. The summed E-state index contributed by atoms with van der Waals surface area (Å²) in [6.07, 6.45) is 2.84. The summed E-state index contributed by atoms with van der Waals surface area (Å²) in [6.45, 7) is 4.00. The molecule has 0 aliphatic carbocycles. The van der Waals surface area contributed by atoms with Crippen LogP contribution in [-0.2, 0) is 4.74 Å². The number of aromatic nitrogens is 1. The maximum Gasteiger partial charge on any atom is 0.256 e. The number of nitrogen functional groups attached to an aromatic ring is 1. The van der Waals surface area contributed by atoms with E-state index in [2.05, 4.69) is 11.9 Å². The average molecular weight is 273 g/mol. The second-order valence-electron chi connectivity index (χ2n) is 5.16. The third-order valence-corrected chi connectivity index (χ3v) is 3.82. The molecule has 1 aromatic carbocycles. The predicted molar refractivity (Wildman–Crippen MR) is 78.6 cm³/mol. The van der Waals surface area contributed by atoms with E-state index in [0.717, 1.165) is 17.3 Å². The van der Waals surface area contributed by atoms with Gasteiger partial charge in [-0.3, -0.25) is 4.79 Å². The molecular formula is C15H19N3O2. The minimum atomic E-state index is 0.0581. The SMILES string of the molecule is CCC1CN(C(=O)c2c[nH]c3cc(N)ccc23)CCO1. The summed E-state index contributed by atoms with van der Waals surface area (Å²) >= 11 is 0. The summed E-state index contributed by atoms with van der Waals surface area (Å²) in [5, 5.41) is 0.920. The number of rotatable bonds is 2. The van der Waals surface area contributed by atoms with Crippen molar-refractivity contribution >= 4 is 22.5 Å². The van der Waals surface area contributed by atoms with Gasteiger partial charge in [-0.05, 0) is 24.6 Å². The largest absolute Gasteiger partial charge is 0.399 e. The van der Waals surface area contributed by atoms with Crippen LogP contribution in [0.5, 0.6) is 0 Å². The molecule has 106 valence electrons. The van der Waals surface area contributed by atoms with Crippen LogP contribution in [-0.4, -0.2) is 41.6 Å². The van der Waals surface area contributed by atoms with Crippen LogP contribution in [0.1, 0.15) is 23.7 Å². The van der Waals surface area contributed by atoms with Gasteiger partial charge in [-0.15, -0.1) is 0 Å². The minimum absolute atomic E-state index is 0.0581. The number of hydrogen-bond acceptors (Lipinski definition) is 3. The predicted octanol–water partition coefficient (Wildman–Crippen LogP) is 2.00. The molecule has 1 aliphatic rings. The van der Waals surface area contributed by atoms with Crippen LogP contribution in [0.3, 0.4) is 0 Å². The lowest BCUT2D eigenvalue weighted by atomic mass is 10.1. The molecule has 2 aromatic rings. The fraction of sp³-hybridized carbons (Fsp3) is 0.400.